The van der Waals surface area contributed by atoms with Crippen LogP contribution in [0.1, 0.15) is 35.3 Å². The molecule has 1 fully saturated rings. The standard InChI is InChI=1S/C21H20BrF2N5OS/c22-10-1-3-16-13(5-10)21(9-31-20(25)29-21)14-7-12(2-4-17(14)28-16)27-19(30)18-15(24)6-11(23)8-26-18/h1,3,5-6,8,12,14,17,28H,2,4,7,9H2,(H2,25,29)(H,27,30). The third kappa shape index (κ3) is 3.59. The molecule has 1 aromatic heterocycles. The van der Waals surface area contributed by atoms with Crippen molar-refractivity contribution in [2.75, 3.05) is 11.1 Å². The molecule has 2 aromatic rings. The van der Waals surface area contributed by atoms with Crippen molar-refractivity contribution in [2.45, 2.75) is 36.9 Å². The second-order valence-electron chi connectivity index (χ2n) is 8.18. The van der Waals surface area contributed by atoms with Crippen molar-refractivity contribution in [2.24, 2.45) is 16.6 Å². The number of halogens is 3. The van der Waals surface area contributed by atoms with E-state index >= 15 is 0 Å². The minimum Gasteiger partial charge on any atom is -0.382 e. The molecule has 3 aliphatic rings. The number of carbonyl (C=O) groups excluding carboxylic acids is 1. The number of thioether (sulfide) groups is 1. The van der Waals surface area contributed by atoms with E-state index in [2.05, 4.69) is 43.7 Å². The first kappa shape index (κ1) is 20.7. The Bertz CT molecular complexity index is 1100. The summed E-state index contributed by atoms with van der Waals surface area (Å²) in [5.41, 5.74) is 7.38. The third-order valence-electron chi connectivity index (χ3n) is 6.36. The van der Waals surface area contributed by atoms with Gasteiger partial charge in [0.1, 0.15) is 11.4 Å². The van der Waals surface area contributed by atoms with Crippen LogP contribution in [0.15, 0.2) is 39.9 Å². The minimum atomic E-state index is -0.967. The number of rotatable bonds is 2. The Hall–Kier alpha value is -2.20. The quantitative estimate of drug-likeness (QED) is 0.575. The number of hydrogen-bond acceptors (Lipinski definition) is 6. The zero-order valence-electron chi connectivity index (χ0n) is 16.4. The maximum absolute atomic E-state index is 14.0. The fourth-order valence-corrected chi connectivity index (χ4v) is 6.40. The van der Waals surface area contributed by atoms with Crippen LogP contribution in [0.5, 0.6) is 0 Å². The Morgan fingerprint density at radius 3 is 2.90 bits per heavy atom. The highest BCUT2D eigenvalue weighted by Gasteiger charge is 2.53. The number of pyridine rings is 1. The predicted octanol–water partition coefficient (Wildman–Crippen LogP) is 3.77. The van der Waals surface area contributed by atoms with Crippen LogP contribution in [0.25, 0.3) is 0 Å². The van der Waals surface area contributed by atoms with E-state index < -0.39 is 28.8 Å². The maximum Gasteiger partial charge on any atom is 0.273 e. The lowest BCUT2D eigenvalue weighted by Gasteiger charge is -2.49. The number of nitrogens with zero attached hydrogens (tertiary/aromatic N) is 2. The Balaban J connectivity index is 1.43. The van der Waals surface area contributed by atoms with E-state index in [9.17, 15) is 13.6 Å². The first-order valence-electron chi connectivity index (χ1n) is 10.0. The van der Waals surface area contributed by atoms with E-state index in [0.29, 0.717) is 17.7 Å². The molecular weight excluding hydrogens is 488 g/mol. The number of carbonyl (C=O) groups is 1. The summed E-state index contributed by atoms with van der Waals surface area (Å²) < 4.78 is 28.1. The van der Waals surface area contributed by atoms with E-state index in [0.717, 1.165) is 40.5 Å². The molecule has 4 N–H and O–H groups in total. The number of hydrogen-bond donors (Lipinski definition) is 3. The molecule has 5 rings (SSSR count). The van der Waals surface area contributed by atoms with Gasteiger partial charge in [0.05, 0.1) is 6.20 Å². The van der Waals surface area contributed by atoms with Gasteiger partial charge >= 0.3 is 0 Å². The maximum atomic E-state index is 14.0. The summed E-state index contributed by atoms with van der Waals surface area (Å²) in [4.78, 5) is 21.1. The molecule has 2 aliphatic heterocycles. The summed E-state index contributed by atoms with van der Waals surface area (Å²) >= 11 is 5.11. The van der Waals surface area contributed by atoms with Crippen LogP contribution in [0, 0.1) is 17.6 Å². The van der Waals surface area contributed by atoms with Gasteiger partial charge in [-0.1, -0.05) is 27.7 Å². The van der Waals surface area contributed by atoms with Gasteiger partial charge in [-0.25, -0.2) is 18.8 Å². The Kier molecular flexibility index (Phi) is 5.16. The van der Waals surface area contributed by atoms with Gasteiger partial charge in [-0.05, 0) is 37.5 Å². The fourth-order valence-electron chi connectivity index (χ4n) is 5.01. The molecule has 1 aromatic carbocycles. The van der Waals surface area contributed by atoms with Crippen molar-refractivity contribution < 1.29 is 13.6 Å². The molecule has 0 bridgehead atoms. The van der Waals surface area contributed by atoms with Crippen LogP contribution >= 0.6 is 27.7 Å². The van der Waals surface area contributed by atoms with Gasteiger partial charge in [-0.3, -0.25) is 4.79 Å². The average Bonchev–Trinajstić information content (AvgIpc) is 3.12. The van der Waals surface area contributed by atoms with E-state index in [1.807, 2.05) is 6.07 Å². The number of aromatic nitrogens is 1. The first-order valence-corrected chi connectivity index (χ1v) is 11.8. The molecule has 31 heavy (non-hydrogen) atoms. The van der Waals surface area contributed by atoms with Crippen LogP contribution in [0.2, 0.25) is 0 Å². The lowest BCUT2D eigenvalue weighted by molar-refractivity contribution is 0.0888. The SMILES string of the molecule is NC1=NC2(CS1)c1cc(Br)ccc1NC1CCC(NC(=O)c3ncc(F)cc3F)CC12. The van der Waals surface area contributed by atoms with Crippen LogP contribution in [-0.2, 0) is 5.54 Å². The first-order chi connectivity index (χ1) is 14.9. The fraction of sp³-hybridized carbons (Fsp3) is 0.381. The van der Waals surface area contributed by atoms with Crippen molar-refractivity contribution in [1.82, 2.24) is 10.3 Å². The Morgan fingerprint density at radius 1 is 1.32 bits per heavy atom. The van der Waals surface area contributed by atoms with Crippen molar-refractivity contribution in [3.05, 3.63) is 57.8 Å². The number of aliphatic imine (C=N–C) groups is 1. The zero-order chi connectivity index (χ0) is 21.8. The monoisotopic (exact) mass is 507 g/mol. The molecular formula is C21H20BrF2N5OS. The number of amidine groups is 1. The highest BCUT2D eigenvalue weighted by molar-refractivity contribution is 9.10. The number of fused-ring (bicyclic) bond motifs is 4. The van der Waals surface area contributed by atoms with E-state index in [-0.39, 0.29) is 18.0 Å². The molecule has 6 nitrogen and oxygen atoms in total. The summed E-state index contributed by atoms with van der Waals surface area (Å²) in [6.45, 7) is 0. The number of benzene rings is 1. The largest absolute Gasteiger partial charge is 0.382 e. The molecule has 4 unspecified atom stereocenters. The van der Waals surface area contributed by atoms with Crippen LogP contribution in [-0.4, -0.2) is 33.9 Å². The predicted molar refractivity (Wildman–Crippen MR) is 120 cm³/mol. The minimum absolute atomic E-state index is 0.105. The van der Waals surface area contributed by atoms with E-state index in [4.69, 9.17) is 10.7 Å². The molecule has 0 saturated heterocycles. The normalized spacial score (nSPS) is 29.0. The topological polar surface area (TPSA) is 92.4 Å². The van der Waals surface area contributed by atoms with Gasteiger partial charge in [0.2, 0.25) is 0 Å². The van der Waals surface area contributed by atoms with Crippen LogP contribution < -0.4 is 16.4 Å². The number of nitrogens with one attached hydrogen (secondary N) is 2. The van der Waals surface area contributed by atoms with Gasteiger partial charge in [-0.15, -0.1) is 0 Å². The Morgan fingerprint density at radius 2 is 2.16 bits per heavy atom. The molecule has 1 amide bonds. The lowest BCUT2D eigenvalue weighted by Crippen LogP contribution is -2.55. The second-order valence-corrected chi connectivity index (χ2v) is 10.1. The summed E-state index contributed by atoms with van der Waals surface area (Å²) in [6.07, 6.45) is 3.07. The highest BCUT2D eigenvalue weighted by atomic mass is 79.9. The number of amides is 1. The molecule has 0 radical (unpaired) electrons. The summed E-state index contributed by atoms with van der Waals surface area (Å²) in [6, 6.07) is 6.84. The van der Waals surface area contributed by atoms with Crippen molar-refractivity contribution >= 4 is 44.5 Å². The van der Waals surface area contributed by atoms with Gasteiger partial charge < -0.3 is 16.4 Å². The molecule has 162 valence electrons. The summed E-state index contributed by atoms with van der Waals surface area (Å²) in [7, 11) is 0. The van der Waals surface area contributed by atoms with Crippen LogP contribution in [0.4, 0.5) is 14.5 Å². The van der Waals surface area contributed by atoms with Gasteiger partial charge in [0, 0.05) is 45.5 Å². The second kappa shape index (κ2) is 7.74. The molecule has 4 atom stereocenters. The number of anilines is 1. The van der Waals surface area contributed by atoms with Crippen molar-refractivity contribution in [1.29, 1.82) is 0 Å². The van der Waals surface area contributed by atoms with Crippen molar-refractivity contribution in [3.63, 3.8) is 0 Å². The van der Waals surface area contributed by atoms with E-state index in [1.165, 1.54) is 0 Å². The molecule has 1 aliphatic carbocycles. The highest BCUT2D eigenvalue weighted by Crippen LogP contribution is 2.53. The Labute approximate surface area is 190 Å². The third-order valence-corrected chi connectivity index (χ3v) is 7.83. The lowest BCUT2D eigenvalue weighted by atomic mass is 9.65. The van der Waals surface area contributed by atoms with Crippen molar-refractivity contribution in [3.8, 4) is 0 Å². The smallest absolute Gasteiger partial charge is 0.273 e. The van der Waals surface area contributed by atoms with Gasteiger partial charge in [0.25, 0.3) is 5.91 Å². The molecule has 3 heterocycles. The van der Waals surface area contributed by atoms with E-state index in [1.54, 1.807) is 11.8 Å². The van der Waals surface area contributed by atoms with Crippen LogP contribution in [0.3, 0.4) is 0 Å². The molecule has 1 saturated carbocycles. The summed E-state index contributed by atoms with van der Waals surface area (Å²) in [5.74, 6) is -1.58. The summed E-state index contributed by atoms with van der Waals surface area (Å²) in [5, 5.41) is 7.11. The van der Waals surface area contributed by atoms with Gasteiger partial charge in [-0.2, -0.15) is 0 Å². The number of nitrogens with two attached hydrogens (primary N) is 1. The molecule has 10 heteroatoms. The molecule has 1 spiro atoms. The van der Waals surface area contributed by atoms with Gasteiger partial charge in [0.15, 0.2) is 16.7 Å². The average molecular weight is 508 g/mol. The zero-order valence-corrected chi connectivity index (χ0v) is 18.8.